The van der Waals surface area contributed by atoms with Gasteiger partial charge < -0.3 is 0 Å². The minimum atomic E-state index is 1.18. The van der Waals surface area contributed by atoms with E-state index in [1.807, 2.05) is 0 Å². The first kappa shape index (κ1) is 11.9. The van der Waals surface area contributed by atoms with Crippen LogP contribution in [-0.2, 0) is 0 Å². The first-order chi connectivity index (χ1) is 8.06. The molecule has 0 saturated heterocycles. The molecule has 0 saturated carbocycles. The lowest BCUT2D eigenvalue weighted by molar-refractivity contribution is 1.27. The van der Waals surface area contributed by atoms with Gasteiger partial charge in [0.2, 0.25) is 0 Å². The predicted octanol–water partition coefficient (Wildman–Crippen LogP) is 4.40. The molecule has 0 unspecified atom stereocenters. The Hall–Kier alpha value is -1.56. The van der Waals surface area contributed by atoms with E-state index < -0.39 is 0 Å². The second kappa shape index (κ2) is 4.75. The number of aryl methyl sites for hydroxylation is 4. The van der Waals surface area contributed by atoms with Crippen LogP contribution in [0.1, 0.15) is 33.4 Å². The van der Waals surface area contributed by atoms with Gasteiger partial charge in [-0.05, 0) is 49.9 Å². The zero-order chi connectivity index (χ0) is 12.4. The summed E-state index contributed by atoms with van der Waals surface area (Å²) >= 11 is 0. The van der Waals surface area contributed by atoms with E-state index in [1.54, 1.807) is 0 Å². The molecule has 0 amide bonds. The molecule has 0 aliphatic rings. The van der Waals surface area contributed by atoms with Crippen LogP contribution >= 0.6 is 0 Å². The molecule has 2 radical (unpaired) electrons. The van der Waals surface area contributed by atoms with E-state index in [4.69, 9.17) is 0 Å². The van der Waals surface area contributed by atoms with Gasteiger partial charge in [0.15, 0.2) is 0 Å². The van der Waals surface area contributed by atoms with E-state index >= 15 is 0 Å². The van der Waals surface area contributed by atoms with Crippen LogP contribution in [0, 0.1) is 34.1 Å². The lowest BCUT2D eigenvalue weighted by atomic mass is 9.95. The second-order valence-electron chi connectivity index (χ2n) is 4.76. The molecule has 17 heavy (non-hydrogen) atoms. The van der Waals surface area contributed by atoms with Crippen LogP contribution in [0.4, 0.5) is 0 Å². The average molecular weight is 222 g/mol. The molecule has 0 aliphatic carbocycles. The van der Waals surface area contributed by atoms with Crippen molar-refractivity contribution in [2.45, 2.75) is 27.7 Å². The maximum absolute atomic E-state index is 3.49. The van der Waals surface area contributed by atoms with Crippen LogP contribution in [-0.4, -0.2) is 0 Å². The zero-order valence-corrected chi connectivity index (χ0v) is 11.0. The minimum Gasteiger partial charge on any atom is -0.0590 e. The topological polar surface area (TPSA) is 0 Å². The van der Waals surface area contributed by atoms with Crippen molar-refractivity contribution in [1.29, 1.82) is 0 Å². The van der Waals surface area contributed by atoms with Gasteiger partial charge in [0.1, 0.15) is 0 Å². The minimum absolute atomic E-state index is 1.18. The number of hydrogen-bond donors (Lipinski definition) is 0. The fourth-order valence-electron chi connectivity index (χ4n) is 2.05. The second-order valence-corrected chi connectivity index (χ2v) is 4.76. The SMILES string of the molecule is Cc1ccc([C]c2ccc(C)cc2C)c(C)c1. The van der Waals surface area contributed by atoms with E-state index in [0.717, 1.165) is 0 Å². The summed E-state index contributed by atoms with van der Waals surface area (Å²) in [5.41, 5.74) is 7.53. The standard InChI is InChI=1S/C17H18/c1-12-5-7-16(14(3)9-12)11-17-8-6-13(2)10-15(17)4/h5-10H,1-4H3. The Kier molecular flexibility index (Phi) is 3.33. The third-order valence-electron chi connectivity index (χ3n) is 3.03. The van der Waals surface area contributed by atoms with Crippen molar-refractivity contribution in [2.75, 3.05) is 0 Å². The largest absolute Gasteiger partial charge is 0.0590 e. The van der Waals surface area contributed by atoms with Crippen LogP contribution in [0.5, 0.6) is 0 Å². The summed E-state index contributed by atoms with van der Waals surface area (Å²) in [4.78, 5) is 0. The van der Waals surface area contributed by atoms with Gasteiger partial charge in [-0.1, -0.05) is 47.5 Å². The van der Waals surface area contributed by atoms with Gasteiger partial charge in [0.25, 0.3) is 0 Å². The Bertz CT molecular complexity index is 486. The van der Waals surface area contributed by atoms with Gasteiger partial charge in [-0.3, -0.25) is 0 Å². The Labute approximate surface area is 104 Å². The number of rotatable bonds is 2. The summed E-state index contributed by atoms with van der Waals surface area (Å²) in [6.07, 6.45) is 3.49. The van der Waals surface area contributed by atoms with Crippen molar-refractivity contribution >= 4 is 0 Å². The van der Waals surface area contributed by atoms with Crippen LogP contribution in [0.25, 0.3) is 0 Å². The quantitative estimate of drug-likeness (QED) is 0.706. The molecule has 86 valence electrons. The van der Waals surface area contributed by atoms with Gasteiger partial charge in [-0.25, -0.2) is 0 Å². The summed E-state index contributed by atoms with van der Waals surface area (Å²) in [6.45, 7) is 8.51. The number of benzene rings is 2. The molecule has 0 aromatic heterocycles. The van der Waals surface area contributed by atoms with E-state index in [1.165, 1.54) is 33.4 Å². The van der Waals surface area contributed by atoms with Crippen molar-refractivity contribution < 1.29 is 0 Å². The molecule has 0 spiro atoms. The molecule has 0 heteroatoms. The van der Waals surface area contributed by atoms with Crippen LogP contribution < -0.4 is 0 Å². The van der Waals surface area contributed by atoms with Crippen LogP contribution in [0.15, 0.2) is 36.4 Å². The van der Waals surface area contributed by atoms with Gasteiger partial charge in [-0.2, -0.15) is 0 Å². The summed E-state index contributed by atoms with van der Waals surface area (Å²) < 4.78 is 0. The Morgan fingerprint density at radius 1 is 0.647 bits per heavy atom. The molecule has 2 aromatic rings. The molecule has 0 bridgehead atoms. The first-order valence-corrected chi connectivity index (χ1v) is 5.98. The van der Waals surface area contributed by atoms with Crippen molar-refractivity contribution in [3.05, 3.63) is 76.2 Å². The molecule has 2 rings (SSSR count). The van der Waals surface area contributed by atoms with Crippen LogP contribution in [0.2, 0.25) is 0 Å². The third-order valence-corrected chi connectivity index (χ3v) is 3.03. The van der Waals surface area contributed by atoms with Gasteiger partial charge in [-0.15, -0.1) is 0 Å². The van der Waals surface area contributed by atoms with E-state index in [2.05, 4.69) is 70.5 Å². The number of hydrogen-bond acceptors (Lipinski definition) is 0. The summed E-state index contributed by atoms with van der Waals surface area (Å²) in [7, 11) is 0. The highest BCUT2D eigenvalue weighted by molar-refractivity contribution is 5.46. The predicted molar refractivity (Wildman–Crippen MR) is 73.3 cm³/mol. The summed E-state index contributed by atoms with van der Waals surface area (Å²) in [5, 5.41) is 0. The highest BCUT2D eigenvalue weighted by Crippen LogP contribution is 2.20. The fourth-order valence-corrected chi connectivity index (χ4v) is 2.05. The Balaban J connectivity index is 2.31. The molecule has 0 fully saturated rings. The van der Waals surface area contributed by atoms with E-state index in [9.17, 15) is 0 Å². The summed E-state index contributed by atoms with van der Waals surface area (Å²) in [6, 6.07) is 13.0. The van der Waals surface area contributed by atoms with Crippen LogP contribution in [0.3, 0.4) is 0 Å². The lowest BCUT2D eigenvalue weighted by Gasteiger charge is -2.09. The molecule has 0 heterocycles. The molecule has 0 nitrogen and oxygen atoms in total. The zero-order valence-electron chi connectivity index (χ0n) is 11.0. The fraction of sp³-hybridized carbons (Fsp3) is 0.235. The first-order valence-electron chi connectivity index (χ1n) is 5.98. The van der Waals surface area contributed by atoms with Crippen molar-refractivity contribution in [3.8, 4) is 0 Å². The molecule has 2 aromatic carbocycles. The van der Waals surface area contributed by atoms with Gasteiger partial charge in [0, 0.05) is 0 Å². The summed E-state index contributed by atoms with van der Waals surface area (Å²) in [5.74, 6) is 0. The third kappa shape index (κ3) is 2.76. The molecular formula is C17H18. The van der Waals surface area contributed by atoms with E-state index in [-0.39, 0.29) is 0 Å². The highest BCUT2D eigenvalue weighted by atomic mass is 14.1. The Morgan fingerprint density at radius 3 is 1.41 bits per heavy atom. The van der Waals surface area contributed by atoms with Gasteiger partial charge >= 0.3 is 0 Å². The molecule has 0 atom stereocenters. The molecule has 0 N–H and O–H groups in total. The average Bonchev–Trinajstić information content (AvgIpc) is 2.25. The highest BCUT2D eigenvalue weighted by Gasteiger charge is 2.04. The molecule has 0 aliphatic heterocycles. The lowest BCUT2D eigenvalue weighted by Crippen LogP contribution is -1.93. The van der Waals surface area contributed by atoms with Crippen molar-refractivity contribution in [3.63, 3.8) is 0 Å². The van der Waals surface area contributed by atoms with Crippen molar-refractivity contribution in [2.24, 2.45) is 0 Å². The van der Waals surface area contributed by atoms with E-state index in [0.29, 0.717) is 0 Å². The maximum Gasteiger partial charge on any atom is 0.0507 e. The van der Waals surface area contributed by atoms with Crippen molar-refractivity contribution in [1.82, 2.24) is 0 Å². The Morgan fingerprint density at radius 2 is 1.06 bits per heavy atom. The maximum atomic E-state index is 3.49. The molecular weight excluding hydrogens is 204 g/mol. The smallest absolute Gasteiger partial charge is 0.0507 e. The normalized spacial score (nSPS) is 10.6. The monoisotopic (exact) mass is 222 g/mol. The van der Waals surface area contributed by atoms with Gasteiger partial charge in [0.05, 0.1) is 6.42 Å².